The number of piperazine rings is 1. The van der Waals surface area contributed by atoms with Crippen molar-refractivity contribution in [1.29, 1.82) is 0 Å². The minimum atomic E-state index is -3.27. The molecule has 1 aliphatic rings. The van der Waals surface area contributed by atoms with E-state index < -0.39 is 10.0 Å². The Hall–Kier alpha value is -2.91. The number of hydrogen-bond donors (Lipinski definition) is 0. The van der Waals surface area contributed by atoms with Gasteiger partial charge in [-0.15, -0.1) is 0 Å². The lowest BCUT2D eigenvalue weighted by molar-refractivity contribution is 0.0697. The van der Waals surface area contributed by atoms with E-state index in [2.05, 4.69) is 0 Å². The highest BCUT2D eigenvalue weighted by Gasteiger charge is 2.27. The number of sulfonamides is 1. The van der Waals surface area contributed by atoms with Gasteiger partial charge in [-0.05, 0) is 36.4 Å². The van der Waals surface area contributed by atoms with Crippen LogP contribution in [-0.2, 0) is 10.0 Å². The van der Waals surface area contributed by atoms with E-state index in [1.165, 1.54) is 10.6 Å². The summed E-state index contributed by atoms with van der Waals surface area (Å²) in [6.45, 7) is 1.26. The molecular formula is C25H22Cl2N4O3S. The number of nitrogens with zero attached hydrogens (tertiary/aromatic N) is 4. The molecule has 180 valence electrons. The lowest BCUT2D eigenvalue weighted by atomic mass is 10.0. The van der Waals surface area contributed by atoms with Crippen molar-refractivity contribution in [3.8, 4) is 22.5 Å². The van der Waals surface area contributed by atoms with Crippen LogP contribution in [0, 0.1) is 0 Å². The summed E-state index contributed by atoms with van der Waals surface area (Å²) in [6, 6.07) is 18.5. The summed E-state index contributed by atoms with van der Waals surface area (Å²) in [4.78, 5) is 19.8. The molecule has 1 saturated heterocycles. The second-order valence-corrected chi connectivity index (χ2v) is 11.3. The molecule has 0 unspecified atom stereocenters. The van der Waals surface area contributed by atoms with Crippen molar-refractivity contribution in [1.82, 2.24) is 18.6 Å². The molecule has 7 nitrogen and oxygen atoms in total. The third-order valence-electron chi connectivity index (χ3n) is 6.10. The lowest BCUT2D eigenvalue weighted by Gasteiger charge is -2.33. The molecule has 4 aromatic rings. The van der Waals surface area contributed by atoms with Crippen molar-refractivity contribution < 1.29 is 13.2 Å². The van der Waals surface area contributed by atoms with Crippen LogP contribution in [0.3, 0.4) is 0 Å². The summed E-state index contributed by atoms with van der Waals surface area (Å²) in [5, 5.41) is 1.26. The van der Waals surface area contributed by atoms with E-state index in [1.54, 1.807) is 17.2 Å². The normalized spacial score (nSPS) is 15.0. The Kier molecular flexibility index (Phi) is 6.31. The van der Waals surface area contributed by atoms with Gasteiger partial charge in [-0.1, -0.05) is 47.5 Å². The number of carbonyl (C=O) groups is 1. The molecule has 0 saturated carbocycles. The van der Waals surface area contributed by atoms with E-state index >= 15 is 0 Å². The maximum Gasteiger partial charge on any atom is 0.255 e. The molecule has 2 aromatic heterocycles. The van der Waals surface area contributed by atoms with Gasteiger partial charge in [0.2, 0.25) is 10.0 Å². The minimum absolute atomic E-state index is 0.149. The molecule has 0 aliphatic carbocycles. The second-order valence-electron chi connectivity index (χ2n) is 8.42. The fourth-order valence-corrected chi connectivity index (χ4v) is 5.35. The lowest BCUT2D eigenvalue weighted by Crippen LogP contribution is -2.50. The van der Waals surface area contributed by atoms with Crippen LogP contribution in [0.25, 0.3) is 28.2 Å². The van der Waals surface area contributed by atoms with Gasteiger partial charge in [-0.2, -0.15) is 4.31 Å². The molecule has 0 spiro atoms. The first-order chi connectivity index (χ1) is 16.7. The van der Waals surface area contributed by atoms with Crippen LogP contribution < -0.4 is 0 Å². The molecule has 0 atom stereocenters. The van der Waals surface area contributed by atoms with Gasteiger partial charge in [0.25, 0.3) is 5.91 Å². The zero-order valence-electron chi connectivity index (χ0n) is 18.9. The Labute approximate surface area is 213 Å². The summed E-state index contributed by atoms with van der Waals surface area (Å²) in [5.41, 5.74) is 4.58. The third-order valence-corrected chi connectivity index (χ3v) is 7.90. The Balaban J connectivity index is 1.56. The number of pyridine rings is 1. The van der Waals surface area contributed by atoms with E-state index in [1.807, 2.05) is 59.0 Å². The number of carbonyl (C=O) groups excluding carboxylic acids is 1. The minimum Gasteiger partial charge on any atom is -0.336 e. The number of amides is 1. The highest BCUT2D eigenvalue weighted by atomic mass is 35.5. The highest BCUT2D eigenvalue weighted by molar-refractivity contribution is 7.88. The standard InChI is InChI=1S/C25H22Cl2N4O3S/c1-35(33,34)30-14-12-29(13-15-30)25(32)19-6-11-22-28-23(17-2-7-20(26)8-3-17)24(31(22)16-19)18-4-9-21(27)10-5-18/h2-11,16H,12-15H2,1H3. The van der Waals surface area contributed by atoms with Crippen molar-refractivity contribution in [2.24, 2.45) is 0 Å². The SMILES string of the molecule is CS(=O)(=O)N1CCN(C(=O)c2ccc3nc(-c4ccc(Cl)cc4)c(-c4ccc(Cl)cc4)n3c2)CC1. The molecular weight excluding hydrogens is 507 g/mol. The fourth-order valence-electron chi connectivity index (χ4n) is 4.27. The zero-order valence-corrected chi connectivity index (χ0v) is 21.2. The summed E-state index contributed by atoms with van der Waals surface area (Å²) >= 11 is 12.2. The first kappa shape index (κ1) is 23.8. The van der Waals surface area contributed by atoms with Gasteiger partial charge in [0.15, 0.2) is 0 Å². The van der Waals surface area contributed by atoms with Crippen molar-refractivity contribution >= 4 is 44.8 Å². The van der Waals surface area contributed by atoms with E-state index in [9.17, 15) is 13.2 Å². The first-order valence-corrected chi connectivity index (χ1v) is 13.6. The van der Waals surface area contributed by atoms with Crippen LogP contribution in [0.4, 0.5) is 0 Å². The van der Waals surface area contributed by atoms with E-state index in [-0.39, 0.29) is 19.0 Å². The fraction of sp³-hybridized carbons (Fsp3) is 0.200. The average molecular weight is 529 g/mol. The van der Waals surface area contributed by atoms with Gasteiger partial charge in [0, 0.05) is 53.5 Å². The third kappa shape index (κ3) is 4.79. The predicted octanol–water partition coefficient (Wildman–Crippen LogP) is 4.69. The molecule has 1 fully saturated rings. The smallest absolute Gasteiger partial charge is 0.255 e. The van der Waals surface area contributed by atoms with Crippen LogP contribution in [0.15, 0.2) is 66.9 Å². The quantitative estimate of drug-likeness (QED) is 0.385. The van der Waals surface area contributed by atoms with Crippen LogP contribution in [0.2, 0.25) is 10.0 Å². The number of benzene rings is 2. The molecule has 2 aromatic carbocycles. The Morgan fingerprint density at radius 3 is 1.97 bits per heavy atom. The summed E-state index contributed by atoms with van der Waals surface area (Å²) in [5.74, 6) is -0.149. The highest BCUT2D eigenvalue weighted by Crippen LogP contribution is 2.34. The molecule has 0 N–H and O–H groups in total. The Morgan fingerprint density at radius 1 is 0.829 bits per heavy atom. The molecule has 5 rings (SSSR count). The van der Waals surface area contributed by atoms with E-state index in [0.717, 1.165) is 22.5 Å². The van der Waals surface area contributed by atoms with Crippen molar-refractivity contribution in [3.05, 3.63) is 82.5 Å². The number of imidazole rings is 1. The van der Waals surface area contributed by atoms with Gasteiger partial charge in [0.05, 0.1) is 23.2 Å². The molecule has 3 heterocycles. The Morgan fingerprint density at radius 2 is 1.40 bits per heavy atom. The maximum atomic E-state index is 13.3. The molecule has 35 heavy (non-hydrogen) atoms. The number of hydrogen-bond acceptors (Lipinski definition) is 4. The summed E-state index contributed by atoms with van der Waals surface area (Å²) in [7, 11) is -3.27. The number of rotatable bonds is 4. The molecule has 1 amide bonds. The van der Waals surface area contributed by atoms with Gasteiger partial charge in [-0.25, -0.2) is 13.4 Å². The molecule has 0 bridgehead atoms. The van der Waals surface area contributed by atoms with Gasteiger partial charge >= 0.3 is 0 Å². The van der Waals surface area contributed by atoms with Crippen LogP contribution in [0.5, 0.6) is 0 Å². The van der Waals surface area contributed by atoms with Crippen LogP contribution >= 0.6 is 23.2 Å². The largest absolute Gasteiger partial charge is 0.336 e. The summed E-state index contributed by atoms with van der Waals surface area (Å²) in [6.07, 6.45) is 2.98. The maximum absolute atomic E-state index is 13.3. The van der Waals surface area contributed by atoms with Gasteiger partial charge in [0.1, 0.15) is 5.65 Å². The van der Waals surface area contributed by atoms with Crippen molar-refractivity contribution in [2.75, 3.05) is 32.4 Å². The van der Waals surface area contributed by atoms with Crippen LogP contribution in [0.1, 0.15) is 10.4 Å². The molecule has 1 aliphatic heterocycles. The molecule has 10 heteroatoms. The van der Waals surface area contributed by atoms with Crippen molar-refractivity contribution in [2.45, 2.75) is 0 Å². The average Bonchev–Trinajstić information content (AvgIpc) is 3.23. The van der Waals surface area contributed by atoms with Crippen molar-refractivity contribution in [3.63, 3.8) is 0 Å². The van der Waals surface area contributed by atoms with Gasteiger partial charge < -0.3 is 4.90 Å². The first-order valence-electron chi connectivity index (χ1n) is 11.0. The Bertz CT molecular complexity index is 1510. The van der Waals surface area contributed by atoms with E-state index in [4.69, 9.17) is 28.2 Å². The predicted molar refractivity (Wildman–Crippen MR) is 138 cm³/mol. The second kappa shape index (κ2) is 9.28. The summed E-state index contributed by atoms with van der Waals surface area (Å²) < 4.78 is 26.9. The van der Waals surface area contributed by atoms with Crippen LogP contribution in [-0.4, -0.2) is 65.3 Å². The van der Waals surface area contributed by atoms with Gasteiger partial charge in [-0.3, -0.25) is 9.20 Å². The molecule has 0 radical (unpaired) electrons. The topological polar surface area (TPSA) is 75.0 Å². The zero-order chi connectivity index (χ0) is 24.7. The number of fused-ring (bicyclic) bond motifs is 1. The number of aromatic nitrogens is 2. The monoisotopic (exact) mass is 528 g/mol. The number of halogens is 2. The van der Waals surface area contributed by atoms with E-state index in [0.29, 0.717) is 34.3 Å².